The third-order valence-corrected chi connectivity index (χ3v) is 6.56. The van der Waals surface area contributed by atoms with Gasteiger partial charge in [-0.25, -0.2) is 4.39 Å². The van der Waals surface area contributed by atoms with E-state index in [0.29, 0.717) is 43.6 Å². The molecule has 0 radical (unpaired) electrons. The number of furan rings is 1. The molecule has 2 aliphatic rings. The SMILES string of the molecule is O=C(CN(CCN1CCOCC1)C(=O)c1cccc(F)c1)N(Cc1ccc2c(c1)OCO2)Cc1ccco1. The summed E-state index contributed by atoms with van der Waals surface area (Å²) in [5.74, 6) is 0.750. The van der Waals surface area contributed by atoms with Crippen molar-refractivity contribution in [2.75, 3.05) is 52.7 Å². The largest absolute Gasteiger partial charge is 0.467 e. The van der Waals surface area contributed by atoms with E-state index in [2.05, 4.69) is 4.90 Å². The van der Waals surface area contributed by atoms with Gasteiger partial charge >= 0.3 is 0 Å². The number of carbonyl (C=O) groups is 2. The maximum atomic E-state index is 13.9. The molecule has 3 aromatic rings. The normalized spacial score (nSPS) is 14.9. The smallest absolute Gasteiger partial charge is 0.254 e. The molecule has 0 atom stereocenters. The summed E-state index contributed by atoms with van der Waals surface area (Å²) in [6.45, 7) is 4.17. The highest BCUT2D eigenvalue weighted by Gasteiger charge is 2.25. The fourth-order valence-electron chi connectivity index (χ4n) is 4.49. The number of benzene rings is 2. The van der Waals surface area contributed by atoms with Crippen LogP contribution >= 0.6 is 0 Å². The molecule has 38 heavy (non-hydrogen) atoms. The summed E-state index contributed by atoms with van der Waals surface area (Å²) >= 11 is 0. The van der Waals surface area contributed by atoms with Crippen LogP contribution in [0.25, 0.3) is 0 Å². The van der Waals surface area contributed by atoms with Gasteiger partial charge in [-0.05, 0) is 48.0 Å². The van der Waals surface area contributed by atoms with Gasteiger partial charge in [0, 0.05) is 38.3 Å². The molecular formula is C28H30FN3O6. The molecule has 2 amide bonds. The van der Waals surface area contributed by atoms with Crippen LogP contribution in [0.1, 0.15) is 21.7 Å². The number of hydrogen-bond donors (Lipinski definition) is 0. The molecule has 10 heteroatoms. The summed E-state index contributed by atoms with van der Waals surface area (Å²) < 4.78 is 35.7. The maximum absolute atomic E-state index is 13.9. The first-order valence-electron chi connectivity index (χ1n) is 12.6. The number of hydrogen-bond acceptors (Lipinski definition) is 7. The summed E-state index contributed by atoms with van der Waals surface area (Å²) in [6.07, 6.45) is 1.56. The lowest BCUT2D eigenvalue weighted by Gasteiger charge is -2.31. The zero-order valence-corrected chi connectivity index (χ0v) is 21.0. The molecule has 0 aliphatic carbocycles. The van der Waals surface area contributed by atoms with Gasteiger partial charge in [-0.2, -0.15) is 0 Å². The van der Waals surface area contributed by atoms with E-state index in [1.54, 1.807) is 29.4 Å². The van der Waals surface area contributed by atoms with Crippen molar-refractivity contribution in [3.8, 4) is 11.5 Å². The van der Waals surface area contributed by atoms with Gasteiger partial charge in [-0.15, -0.1) is 0 Å². The first-order valence-corrected chi connectivity index (χ1v) is 12.6. The quantitative estimate of drug-likeness (QED) is 0.404. The lowest BCUT2D eigenvalue weighted by atomic mass is 10.1. The van der Waals surface area contributed by atoms with Crippen LogP contribution in [0.5, 0.6) is 11.5 Å². The van der Waals surface area contributed by atoms with E-state index >= 15 is 0 Å². The molecule has 2 aromatic carbocycles. The minimum atomic E-state index is -0.502. The van der Waals surface area contributed by atoms with Crippen molar-refractivity contribution in [1.82, 2.24) is 14.7 Å². The Balaban J connectivity index is 1.34. The monoisotopic (exact) mass is 523 g/mol. The van der Waals surface area contributed by atoms with Crippen molar-refractivity contribution in [2.24, 2.45) is 0 Å². The van der Waals surface area contributed by atoms with Crippen molar-refractivity contribution in [1.29, 1.82) is 0 Å². The number of amides is 2. The van der Waals surface area contributed by atoms with Crippen molar-refractivity contribution in [3.05, 3.63) is 83.6 Å². The fourth-order valence-corrected chi connectivity index (χ4v) is 4.49. The number of halogens is 1. The summed E-state index contributed by atoms with van der Waals surface area (Å²) in [6, 6.07) is 14.6. The standard InChI is InChI=1S/C28H30FN3O6/c29-23-4-1-3-22(16-23)28(34)31(9-8-30-10-13-35-14-11-30)19-27(33)32(18-24-5-2-12-36-24)17-21-6-7-25-26(15-21)38-20-37-25/h1-7,12,15-16H,8-11,13-14,17-20H2. The molecule has 1 saturated heterocycles. The highest BCUT2D eigenvalue weighted by atomic mass is 19.1. The second kappa shape index (κ2) is 12.1. The number of ether oxygens (including phenoxy) is 3. The van der Waals surface area contributed by atoms with Crippen molar-refractivity contribution >= 4 is 11.8 Å². The number of fused-ring (bicyclic) bond motifs is 1. The average Bonchev–Trinajstić information content (AvgIpc) is 3.62. The topological polar surface area (TPSA) is 84.7 Å². The van der Waals surface area contributed by atoms with E-state index in [-0.39, 0.29) is 37.9 Å². The summed E-state index contributed by atoms with van der Waals surface area (Å²) in [4.78, 5) is 32.4. The number of carbonyl (C=O) groups excluding carboxylic acids is 2. The predicted molar refractivity (Wildman–Crippen MR) is 135 cm³/mol. The minimum absolute atomic E-state index is 0.161. The minimum Gasteiger partial charge on any atom is -0.467 e. The van der Waals surface area contributed by atoms with Crippen LogP contribution in [0.4, 0.5) is 4.39 Å². The van der Waals surface area contributed by atoms with Crippen LogP contribution in [-0.4, -0.2) is 79.2 Å². The zero-order valence-electron chi connectivity index (χ0n) is 21.0. The third kappa shape index (κ3) is 6.51. The van der Waals surface area contributed by atoms with Crippen molar-refractivity contribution < 1.29 is 32.6 Å². The predicted octanol–water partition coefficient (Wildman–Crippen LogP) is 3.15. The fraction of sp³-hybridized carbons (Fsp3) is 0.357. The second-order valence-electron chi connectivity index (χ2n) is 9.21. The van der Waals surface area contributed by atoms with Gasteiger partial charge in [-0.3, -0.25) is 14.5 Å². The van der Waals surface area contributed by atoms with Crippen LogP contribution in [0, 0.1) is 5.82 Å². The van der Waals surface area contributed by atoms with Crippen molar-refractivity contribution in [3.63, 3.8) is 0 Å². The molecule has 1 aromatic heterocycles. The Hall–Kier alpha value is -3.89. The van der Waals surface area contributed by atoms with Crippen LogP contribution in [-0.2, 0) is 22.6 Å². The first-order chi connectivity index (χ1) is 18.5. The molecular weight excluding hydrogens is 493 g/mol. The lowest BCUT2D eigenvalue weighted by molar-refractivity contribution is -0.133. The highest BCUT2D eigenvalue weighted by molar-refractivity contribution is 5.96. The molecule has 0 spiro atoms. The number of rotatable bonds is 10. The second-order valence-corrected chi connectivity index (χ2v) is 9.21. The first kappa shape index (κ1) is 25.7. The van der Waals surface area contributed by atoms with E-state index in [4.69, 9.17) is 18.6 Å². The Kier molecular flexibility index (Phi) is 8.20. The summed E-state index contributed by atoms with van der Waals surface area (Å²) in [5.41, 5.74) is 1.05. The molecule has 1 fully saturated rings. The molecule has 9 nitrogen and oxygen atoms in total. The van der Waals surface area contributed by atoms with Crippen molar-refractivity contribution in [2.45, 2.75) is 13.1 Å². The Morgan fingerprint density at radius 2 is 1.76 bits per heavy atom. The van der Waals surface area contributed by atoms with E-state index in [0.717, 1.165) is 18.7 Å². The van der Waals surface area contributed by atoms with Gasteiger partial charge < -0.3 is 28.4 Å². The number of morpholine rings is 1. The molecule has 3 heterocycles. The van der Waals surface area contributed by atoms with E-state index in [1.807, 2.05) is 18.2 Å². The number of nitrogens with zero attached hydrogens (tertiary/aromatic N) is 3. The third-order valence-electron chi connectivity index (χ3n) is 6.56. The summed E-state index contributed by atoms with van der Waals surface area (Å²) in [7, 11) is 0. The van der Waals surface area contributed by atoms with Gasteiger partial charge in [-0.1, -0.05) is 12.1 Å². The van der Waals surface area contributed by atoms with E-state index in [9.17, 15) is 14.0 Å². The molecule has 2 aliphatic heterocycles. The van der Waals surface area contributed by atoms with Gasteiger partial charge in [0.1, 0.15) is 18.1 Å². The van der Waals surface area contributed by atoms with Crippen LogP contribution in [0.15, 0.2) is 65.3 Å². The maximum Gasteiger partial charge on any atom is 0.254 e. The van der Waals surface area contributed by atoms with Gasteiger partial charge in [0.25, 0.3) is 5.91 Å². The Morgan fingerprint density at radius 3 is 2.55 bits per heavy atom. The van der Waals surface area contributed by atoms with Crippen LogP contribution < -0.4 is 9.47 Å². The van der Waals surface area contributed by atoms with Crippen LogP contribution in [0.3, 0.4) is 0 Å². The van der Waals surface area contributed by atoms with Gasteiger partial charge in [0.15, 0.2) is 11.5 Å². The molecule has 0 unspecified atom stereocenters. The van der Waals surface area contributed by atoms with E-state index < -0.39 is 11.7 Å². The lowest BCUT2D eigenvalue weighted by Crippen LogP contribution is -2.47. The highest BCUT2D eigenvalue weighted by Crippen LogP contribution is 2.33. The Morgan fingerprint density at radius 1 is 0.921 bits per heavy atom. The Bertz CT molecular complexity index is 1250. The zero-order chi connectivity index (χ0) is 26.3. The Labute approximate surface area is 220 Å². The van der Waals surface area contributed by atoms with Gasteiger partial charge in [0.05, 0.1) is 26.0 Å². The molecule has 0 saturated carbocycles. The molecule has 200 valence electrons. The molecule has 0 N–H and O–H groups in total. The van der Waals surface area contributed by atoms with Gasteiger partial charge in [0.2, 0.25) is 12.7 Å². The average molecular weight is 524 g/mol. The summed E-state index contributed by atoms with van der Waals surface area (Å²) in [5, 5.41) is 0. The molecule has 0 bridgehead atoms. The van der Waals surface area contributed by atoms with Crippen LogP contribution in [0.2, 0.25) is 0 Å². The molecule has 5 rings (SSSR count). The van der Waals surface area contributed by atoms with E-state index in [1.165, 1.54) is 23.1 Å².